The SMILES string of the molecule is O=C(CS(=O)(=O)Nc1ccc(N2CCCCC2)cc1)N1CCN(c2ccccc2Cl)CC1. The van der Waals surface area contributed by atoms with Gasteiger partial charge in [-0.1, -0.05) is 23.7 Å². The maximum absolute atomic E-state index is 12.6. The Morgan fingerprint density at radius 1 is 0.844 bits per heavy atom. The third-order valence-corrected chi connectivity index (χ3v) is 7.49. The summed E-state index contributed by atoms with van der Waals surface area (Å²) in [4.78, 5) is 18.7. The molecule has 0 unspecified atom stereocenters. The lowest BCUT2D eigenvalue weighted by molar-refractivity contribution is -0.128. The minimum absolute atomic E-state index is 0.388. The number of nitrogens with zero attached hydrogens (tertiary/aromatic N) is 3. The molecule has 2 aliphatic heterocycles. The predicted molar refractivity (Wildman–Crippen MR) is 130 cm³/mol. The van der Waals surface area contributed by atoms with Gasteiger partial charge in [-0.25, -0.2) is 8.42 Å². The number of anilines is 3. The number of amides is 1. The number of rotatable bonds is 6. The van der Waals surface area contributed by atoms with E-state index in [0.29, 0.717) is 36.9 Å². The van der Waals surface area contributed by atoms with Gasteiger partial charge in [-0.05, 0) is 55.7 Å². The van der Waals surface area contributed by atoms with E-state index >= 15 is 0 Å². The highest BCUT2D eigenvalue weighted by molar-refractivity contribution is 7.93. The first-order valence-corrected chi connectivity index (χ1v) is 13.1. The number of hydrogen-bond donors (Lipinski definition) is 1. The molecule has 2 aromatic carbocycles. The van der Waals surface area contributed by atoms with Crippen molar-refractivity contribution in [3.63, 3.8) is 0 Å². The maximum atomic E-state index is 12.6. The number of carbonyl (C=O) groups is 1. The number of para-hydroxylation sites is 1. The molecule has 2 fully saturated rings. The van der Waals surface area contributed by atoms with Crippen molar-refractivity contribution in [2.24, 2.45) is 0 Å². The number of halogens is 1. The predicted octanol–water partition coefficient (Wildman–Crippen LogP) is 3.42. The van der Waals surface area contributed by atoms with E-state index in [9.17, 15) is 13.2 Å². The molecule has 0 aliphatic carbocycles. The number of nitrogens with one attached hydrogen (secondary N) is 1. The second-order valence-corrected chi connectivity index (χ2v) is 10.4. The zero-order valence-corrected chi connectivity index (χ0v) is 19.6. The first-order valence-electron chi connectivity index (χ1n) is 11.0. The van der Waals surface area contributed by atoms with Gasteiger partial charge in [-0.15, -0.1) is 0 Å². The number of hydrogen-bond acceptors (Lipinski definition) is 5. The lowest BCUT2D eigenvalue weighted by atomic mass is 10.1. The quantitative estimate of drug-likeness (QED) is 0.691. The van der Waals surface area contributed by atoms with E-state index < -0.39 is 15.8 Å². The zero-order valence-electron chi connectivity index (χ0n) is 18.0. The first-order chi connectivity index (χ1) is 15.4. The van der Waals surface area contributed by atoms with Gasteiger partial charge >= 0.3 is 0 Å². The molecule has 1 amide bonds. The van der Waals surface area contributed by atoms with Crippen molar-refractivity contribution in [3.8, 4) is 0 Å². The number of carbonyl (C=O) groups excluding carboxylic acids is 1. The van der Waals surface area contributed by atoms with Crippen molar-refractivity contribution in [1.82, 2.24) is 4.90 Å². The van der Waals surface area contributed by atoms with Gasteiger partial charge in [0.05, 0.1) is 10.7 Å². The number of piperidine rings is 1. The fourth-order valence-corrected chi connectivity index (χ4v) is 5.60. The largest absolute Gasteiger partial charge is 0.372 e. The van der Waals surface area contributed by atoms with Crippen LogP contribution in [0.5, 0.6) is 0 Å². The van der Waals surface area contributed by atoms with Gasteiger partial charge in [0.25, 0.3) is 0 Å². The Bertz CT molecular complexity index is 1030. The zero-order chi connectivity index (χ0) is 22.6. The summed E-state index contributed by atoms with van der Waals surface area (Å²) < 4.78 is 27.7. The molecule has 0 saturated carbocycles. The summed E-state index contributed by atoms with van der Waals surface area (Å²) in [5, 5.41) is 0.672. The molecule has 32 heavy (non-hydrogen) atoms. The summed E-state index contributed by atoms with van der Waals surface area (Å²) in [6, 6.07) is 15.0. The smallest absolute Gasteiger partial charge is 0.241 e. The van der Waals surface area contributed by atoms with Crippen LogP contribution in [0.4, 0.5) is 17.1 Å². The molecule has 2 aliphatic rings. The normalized spacial score (nSPS) is 17.3. The van der Waals surface area contributed by atoms with E-state index in [0.717, 1.165) is 24.5 Å². The molecule has 0 spiro atoms. The maximum Gasteiger partial charge on any atom is 0.241 e. The summed E-state index contributed by atoms with van der Waals surface area (Å²) in [7, 11) is -3.78. The van der Waals surface area contributed by atoms with Gasteiger partial charge in [0, 0.05) is 50.6 Å². The fourth-order valence-electron chi connectivity index (χ4n) is 4.27. The van der Waals surface area contributed by atoms with Gasteiger partial charge in [-0.3, -0.25) is 9.52 Å². The molecule has 2 saturated heterocycles. The van der Waals surface area contributed by atoms with Crippen LogP contribution in [0.1, 0.15) is 19.3 Å². The molecule has 2 heterocycles. The van der Waals surface area contributed by atoms with Crippen LogP contribution in [0.25, 0.3) is 0 Å². The van der Waals surface area contributed by atoms with Gasteiger partial charge < -0.3 is 14.7 Å². The van der Waals surface area contributed by atoms with Crippen molar-refractivity contribution >= 4 is 44.6 Å². The molecule has 4 rings (SSSR count). The van der Waals surface area contributed by atoms with E-state index in [-0.39, 0.29) is 5.91 Å². The van der Waals surface area contributed by atoms with Crippen LogP contribution in [-0.4, -0.2) is 64.2 Å². The molecule has 7 nitrogen and oxygen atoms in total. The number of benzene rings is 2. The third-order valence-electron chi connectivity index (χ3n) is 6.00. The van der Waals surface area contributed by atoms with E-state index in [1.807, 2.05) is 36.4 Å². The molecule has 0 radical (unpaired) electrons. The molecule has 2 aromatic rings. The van der Waals surface area contributed by atoms with E-state index in [4.69, 9.17) is 11.6 Å². The van der Waals surface area contributed by atoms with Crippen molar-refractivity contribution in [3.05, 3.63) is 53.6 Å². The number of sulfonamides is 1. The van der Waals surface area contributed by atoms with Crippen molar-refractivity contribution in [2.75, 3.05) is 59.5 Å². The second kappa shape index (κ2) is 10.0. The van der Waals surface area contributed by atoms with Gasteiger partial charge in [-0.2, -0.15) is 0 Å². The summed E-state index contributed by atoms with van der Waals surface area (Å²) in [6.07, 6.45) is 3.63. The highest BCUT2D eigenvalue weighted by atomic mass is 35.5. The monoisotopic (exact) mass is 476 g/mol. The van der Waals surface area contributed by atoms with Crippen LogP contribution < -0.4 is 14.5 Å². The minimum Gasteiger partial charge on any atom is -0.372 e. The Hall–Kier alpha value is -2.45. The fraction of sp³-hybridized carbons (Fsp3) is 0.435. The van der Waals surface area contributed by atoms with E-state index in [2.05, 4.69) is 14.5 Å². The van der Waals surface area contributed by atoms with Crippen LogP contribution >= 0.6 is 11.6 Å². The molecule has 0 bridgehead atoms. The van der Waals surface area contributed by atoms with Crippen molar-refractivity contribution in [2.45, 2.75) is 19.3 Å². The molecule has 0 aromatic heterocycles. The van der Waals surface area contributed by atoms with Gasteiger partial charge in [0.1, 0.15) is 5.75 Å². The average Bonchev–Trinajstić information content (AvgIpc) is 2.80. The van der Waals surface area contributed by atoms with E-state index in [1.165, 1.54) is 19.3 Å². The molecule has 172 valence electrons. The Balaban J connectivity index is 1.29. The van der Waals surface area contributed by atoms with Crippen LogP contribution in [0.3, 0.4) is 0 Å². The number of piperazine rings is 1. The summed E-state index contributed by atoms with van der Waals surface area (Å²) >= 11 is 6.26. The van der Waals surface area contributed by atoms with Gasteiger partial charge in [0.2, 0.25) is 15.9 Å². The highest BCUT2D eigenvalue weighted by Gasteiger charge is 2.26. The van der Waals surface area contributed by atoms with Crippen LogP contribution in [0.2, 0.25) is 5.02 Å². The highest BCUT2D eigenvalue weighted by Crippen LogP contribution is 2.26. The van der Waals surface area contributed by atoms with Crippen LogP contribution in [-0.2, 0) is 14.8 Å². The van der Waals surface area contributed by atoms with Crippen molar-refractivity contribution in [1.29, 1.82) is 0 Å². The first kappa shape index (κ1) is 22.7. The lowest BCUT2D eigenvalue weighted by Crippen LogP contribution is -2.50. The Morgan fingerprint density at radius 3 is 2.16 bits per heavy atom. The molecule has 9 heteroatoms. The molecular formula is C23H29ClN4O3S. The Morgan fingerprint density at radius 2 is 1.50 bits per heavy atom. The Kier molecular flexibility index (Phi) is 7.10. The third kappa shape index (κ3) is 5.66. The average molecular weight is 477 g/mol. The van der Waals surface area contributed by atoms with Gasteiger partial charge in [0.15, 0.2) is 0 Å². The lowest BCUT2D eigenvalue weighted by Gasteiger charge is -2.36. The topological polar surface area (TPSA) is 73.0 Å². The molecule has 0 atom stereocenters. The minimum atomic E-state index is -3.78. The summed E-state index contributed by atoms with van der Waals surface area (Å²) in [6.45, 7) is 4.21. The standard InChI is InChI=1S/C23H29ClN4O3S/c24-21-6-2-3-7-22(21)27-14-16-28(17-15-27)23(29)18-32(30,31)25-19-8-10-20(11-9-19)26-12-4-1-5-13-26/h2-3,6-11,25H,1,4-5,12-18H2. The van der Waals surface area contributed by atoms with Crippen molar-refractivity contribution < 1.29 is 13.2 Å². The second-order valence-electron chi connectivity index (χ2n) is 8.27. The summed E-state index contributed by atoms with van der Waals surface area (Å²) in [5.41, 5.74) is 2.51. The van der Waals surface area contributed by atoms with Crippen LogP contribution in [0, 0.1) is 0 Å². The summed E-state index contributed by atoms with van der Waals surface area (Å²) in [5.74, 6) is -0.950. The van der Waals surface area contributed by atoms with E-state index in [1.54, 1.807) is 17.0 Å². The van der Waals surface area contributed by atoms with Crippen LogP contribution in [0.15, 0.2) is 48.5 Å². The Labute approximate surface area is 195 Å². The molecular weight excluding hydrogens is 448 g/mol. The molecule has 1 N–H and O–H groups in total.